The molecule has 1 atom stereocenters. The molecule has 0 saturated heterocycles. The smallest absolute Gasteiger partial charge is 0.315 e. The summed E-state index contributed by atoms with van der Waals surface area (Å²) in [5.41, 5.74) is 1.25. The van der Waals surface area contributed by atoms with Crippen molar-refractivity contribution in [1.82, 2.24) is 15.6 Å². The number of aromatic nitrogens is 1. The van der Waals surface area contributed by atoms with E-state index in [1.807, 2.05) is 55.5 Å². The van der Waals surface area contributed by atoms with E-state index in [2.05, 4.69) is 15.6 Å². The zero-order valence-corrected chi connectivity index (χ0v) is 15.3. The fourth-order valence-electron chi connectivity index (χ4n) is 2.45. The second-order valence-corrected chi connectivity index (χ2v) is 7.19. The van der Waals surface area contributed by atoms with Crippen LogP contribution < -0.4 is 10.6 Å². The van der Waals surface area contributed by atoms with E-state index in [9.17, 15) is 9.59 Å². The molecule has 1 heterocycles. The van der Waals surface area contributed by atoms with Crippen molar-refractivity contribution in [2.24, 2.45) is 0 Å². The molecule has 1 aromatic carbocycles. The lowest BCUT2D eigenvalue weighted by Crippen LogP contribution is -2.48. The normalized spacial score (nSPS) is 12.9. The first-order chi connectivity index (χ1) is 12.0. The summed E-state index contributed by atoms with van der Waals surface area (Å²) in [6, 6.07) is 15.1. The summed E-state index contributed by atoms with van der Waals surface area (Å²) >= 11 is 1.27. The Hall–Kier alpha value is -2.34. The van der Waals surface area contributed by atoms with Gasteiger partial charge < -0.3 is 10.6 Å². The Labute approximate surface area is 152 Å². The van der Waals surface area contributed by atoms with Crippen molar-refractivity contribution >= 4 is 22.9 Å². The molecular weight excluding hydrogens is 334 g/mol. The van der Waals surface area contributed by atoms with Gasteiger partial charge >= 0.3 is 6.03 Å². The van der Waals surface area contributed by atoms with Gasteiger partial charge in [0, 0.05) is 18.9 Å². The number of nitrogens with zero attached hydrogens (tertiary/aromatic N) is 1. The van der Waals surface area contributed by atoms with Gasteiger partial charge in [0.05, 0.1) is 17.8 Å². The Morgan fingerprint density at radius 2 is 1.84 bits per heavy atom. The van der Waals surface area contributed by atoms with Crippen LogP contribution in [0.15, 0.2) is 54.7 Å². The van der Waals surface area contributed by atoms with Gasteiger partial charge in [-0.2, -0.15) is 0 Å². The summed E-state index contributed by atoms with van der Waals surface area (Å²) in [5.74, 6) is 0.640. The van der Waals surface area contributed by atoms with Crippen LogP contribution in [0.1, 0.15) is 31.5 Å². The number of nitrogens with one attached hydrogen (secondary N) is 2. The van der Waals surface area contributed by atoms with Gasteiger partial charge in [-0.05, 0) is 31.0 Å². The molecular formula is C19H23N3O2S. The van der Waals surface area contributed by atoms with Crippen molar-refractivity contribution in [3.8, 4) is 0 Å². The minimum Gasteiger partial charge on any atom is -0.332 e. The Bertz CT molecular complexity index is 694. The van der Waals surface area contributed by atoms with E-state index in [0.29, 0.717) is 18.7 Å². The molecule has 6 heteroatoms. The summed E-state index contributed by atoms with van der Waals surface area (Å²) in [5, 5.41) is 5.97. The number of carbonyl (C=O) groups excluding carboxylic acids is 2. The second-order valence-electron chi connectivity index (χ2n) is 5.92. The molecule has 0 saturated carbocycles. The van der Waals surface area contributed by atoms with Crippen molar-refractivity contribution in [2.45, 2.75) is 32.4 Å². The van der Waals surface area contributed by atoms with Crippen molar-refractivity contribution in [3.05, 3.63) is 66.0 Å². The summed E-state index contributed by atoms with van der Waals surface area (Å²) in [6.07, 6.45) is 2.35. The first-order valence-corrected chi connectivity index (χ1v) is 9.13. The van der Waals surface area contributed by atoms with Gasteiger partial charge in [-0.3, -0.25) is 9.78 Å². The number of hydrogen-bond acceptors (Lipinski definition) is 4. The molecule has 5 nitrogen and oxygen atoms in total. The van der Waals surface area contributed by atoms with E-state index in [1.165, 1.54) is 11.8 Å². The van der Waals surface area contributed by atoms with E-state index in [-0.39, 0.29) is 11.1 Å². The third-order valence-corrected chi connectivity index (χ3v) is 4.68. The number of thioether (sulfide) groups is 1. The average molecular weight is 357 g/mol. The third kappa shape index (κ3) is 6.23. The Balaban J connectivity index is 2.01. The second kappa shape index (κ2) is 9.22. The summed E-state index contributed by atoms with van der Waals surface area (Å²) in [7, 11) is 0. The first-order valence-electron chi connectivity index (χ1n) is 8.14. The van der Waals surface area contributed by atoms with E-state index < -0.39 is 5.54 Å². The predicted molar refractivity (Wildman–Crippen MR) is 101 cm³/mol. The Kier molecular flexibility index (Phi) is 7.01. The fraction of sp³-hybridized carbons (Fsp3) is 0.316. The molecule has 0 aliphatic carbocycles. The molecule has 25 heavy (non-hydrogen) atoms. The monoisotopic (exact) mass is 357 g/mol. The van der Waals surface area contributed by atoms with E-state index in [1.54, 1.807) is 13.1 Å². The van der Waals surface area contributed by atoms with Crippen LogP contribution in [0.4, 0.5) is 4.79 Å². The average Bonchev–Trinajstić information content (AvgIpc) is 2.61. The molecule has 2 N–H and O–H groups in total. The molecule has 0 bridgehead atoms. The molecule has 1 unspecified atom stereocenters. The number of carbonyl (C=O) groups is 2. The molecule has 0 fully saturated rings. The molecule has 2 aromatic rings. The highest BCUT2D eigenvalue weighted by atomic mass is 32.2. The lowest BCUT2D eigenvalue weighted by molar-refractivity contribution is -0.109. The van der Waals surface area contributed by atoms with Gasteiger partial charge in [-0.1, -0.05) is 48.2 Å². The van der Waals surface area contributed by atoms with Gasteiger partial charge in [0.25, 0.3) is 0 Å². The molecule has 0 spiro atoms. The molecule has 2 rings (SSSR count). The highest BCUT2D eigenvalue weighted by molar-refractivity contribution is 8.13. The quantitative estimate of drug-likeness (QED) is 0.796. The number of hydrogen-bond donors (Lipinski definition) is 2. The SMILES string of the molecule is CC(=O)SCCC(C)(NC(=O)NCc1ccccn1)c1ccccc1. The molecule has 0 radical (unpaired) electrons. The summed E-state index contributed by atoms with van der Waals surface area (Å²) < 4.78 is 0. The molecule has 2 amide bonds. The van der Waals surface area contributed by atoms with Gasteiger partial charge in [0.2, 0.25) is 0 Å². The number of rotatable bonds is 7. The Morgan fingerprint density at radius 3 is 2.48 bits per heavy atom. The van der Waals surface area contributed by atoms with Crippen LogP contribution in [0.2, 0.25) is 0 Å². The van der Waals surface area contributed by atoms with Crippen molar-refractivity contribution in [1.29, 1.82) is 0 Å². The van der Waals surface area contributed by atoms with Crippen LogP contribution in [-0.4, -0.2) is 21.9 Å². The van der Waals surface area contributed by atoms with Gasteiger partial charge in [-0.25, -0.2) is 4.79 Å². The van der Waals surface area contributed by atoms with Gasteiger partial charge in [0.1, 0.15) is 0 Å². The van der Waals surface area contributed by atoms with Gasteiger partial charge in [-0.15, -0.1) is 0 Å². The molecule has 132 valence electrons. The molecule has 0 aliphatic rings. The topological polar surface area (TPSA) is 71.1 Å². The maximum atomic E-state index is 12.4. The molecule has 0 aliphatic heterocycles. The van der Waals surface area contributed by atoms with Crippen molar-refractivity contribution in [3.63, 3.8) is 0 Å². The zero-order chi connectivity index (χ0) is 18.1. The number of pyridine rings is 1. The van der Waals surface area contributed by atoms with Crippen LogP contribution in [0.5, 0.6) is 0 Å². The Morgan fingerprint density at radius 1 is 1.12 bits per heavy atom. The standard InChI is InChI=1S/C19H23N3O2S/c1-15(23)25-13-11-19(2,16-8-4-3-5-9-16)22-18(24)21-14-17-10-6-7-12-20-17/h3-10,12H,11,13-14H2,1-2H3,(H2,21,22,24). The van der Waals surface area contributed by atoms with E-state index in [4.69, 9.17) is 0 Å². The van der Waals surface area contributed by atoms with Gasteiger partial charge in [0.15, 0.2) is 5.12 Å². The minimum absolute atomic E-state index is 0.0787. The van der Waals surface area contributed by atoms with Crippen LogP contribution in [0.3, 0.4) is 0 Å². The number of benzene rings is 1. The molecule has 1 aromatic heterocycles. The number of urea groups is 1. The lowest BCUT2D eigenvalue weighted by Gasteiger charge is -2.31. The number of amides is 2. The fourth-order valence-corrected chi connectivity index (χ4v) is 3.25. The first kappa shape index (κ1) is 19.0. The summed E-state index contributed by atoms with van der Waals surface area (Å²) in [6.45, 7) is 3.89. The third-order valence-electron chi connectivity index (χ3n) is 3.86. The van der Waals surface area contributed by atoms with Crippen LogP contribution in [0.25, 0.3) is 0 Å². The zero-order valence-electron chi connectivity index (χ0n) is 14.5. The lowest BCUT2D eigenvalue weighted by atomic mass is 9.89. The maximum absolute atomic E-state index is 12.4. The summed E-state index contributed by atoms with van der Waals surface area (Å²) in [4.78, 5) is 27.8. The minimum atomic E-state index is -0.558. The maximum Gasteiger partial charge on any atom is 0.315 e. The van der Waals surface area contributed by atoms with Crippen LogP contribution >= 0.6 is 11.8 Å². The van der Waals surface area contributed by atoms with Crippen LogP contribution in [0, 0.1) is 0 Å². The van der Waals surface area contributed by atoms with E-state index >= 15 is 0 Å². The van der Waals surface area contributed by atoms with Crippen molar-refractivity contribution < 1.29 is 9.59 Å². The largest absolute Gasteiger partial charge is 0.332 e. The van der Waals surface area contributed by atoms with Crippen molar-refractivity contribution in [2.75, 3.05) is 5.75 Å². The van der Waals surface area contributed by atoms with E-state index in [0.717, 1.165) is 11.3 Å². The highest BCUT2D eigenvalue weighted by Gasteiger charge is 2.28. The predicted octanol–water partition coefficient (Wildman–Crippen LogP) is 3.47. The highest BCUT2D eigenvalue weighted by Crippen LogP contribution is 2.26. The van der Waals surface area contributed by atoms with Crippen LogP contribution in [-0.2, 0) is 16.9 Å².